The van der Waals surface area contributed by atoms with E-state index in [0.29, 0.717) is 24.0 Å². The van der Waals surface area contributed by atoms with Crippen LogP contribution in [0.4, 0.5) is 10.2 Å². The molecule has 0 amide bonds. The molecule has 1 aliphatic heterocycles. The highest BCUT2D eigenvalue weighted by molar-refractivity contribution is 5.57. The van der Waals surface area contributed by atoms with Crippen molar-refractivity contribution in [3.63, 3.8) is 0 Å². The number of pyridine rings is 1. The Bertz CT molecular complexity index is 901. The van der Waals surface area contributed by atoms with Gasteiger partial charge < -0.3 is 10.1 Å². The number of hydrogen-bond donors (Lipinski definition) is 1. The Morgan fingerprint density at radius 3 is 2.84 bits per heavy atom. The van der Waals surface area contributed by atoms with Crippen molar-refractivity contribution in [1.82, 2.24) is 15.0 Å². The highest BCUT2D eigenvalue weighted by Gasteiger charge is 2.24. The minimum absolute atomic E-state index is 0.0564. The van der Waals surface area contributed by atoms with Crippen molar-refractivity contribution in [2.24, 2.45) is 0 Å². The molecule has 0 bridgehead atoms. The maximum absolute atomic E-state index is 13.9. The highest BCUT2D eigenvalue weighted by Crippen LogP contribution is 2.36. The topological polar surface area (TPSA) is 59.9 Å². The summed E-state index contributed by atoms with van der Waals surface area (Å²) in [7, 11) is 0. The zero-order valence-electron chi connectivity index (χ0n) is 13.7. The Balaban J connectivity index is 1.67. The number of nitrogens with one attached hydrogen (secondary N) is 1. The van der Waals surface area contributed by atoms with Gasteiger partial charge in [0.2, 0.25) is 0 Å². The molecule has 2 aromatic heterocycles. The van der Waals surface area contributed by atoms with Crippen LogP contribution in [0.15, 0.2) is 48.8 Å². The van der Waals surface area contributed by atoms with Crippen LogP contribution in [-0.2, 0) is 0 Å². The number of halogens is 1. The molecule has 5 nitrogen and oxygen atoms in total. The molecule has 25 heavy (non-hydrogen) atoms. The van der Waals surface area contributed by atoms with Gasteiger partial charge in [0.15, 0.2) is 17.4 Å². The third-order valence-corrected chi connectivity index (χ3v) is 4.14. The number of rotatable bonds is 3. The zero-order chi connectivity index (χ0) is 17.2. The third kappa shape index (κ3) is 3.15. The number of anilines is 1. The maximum atomic E-state index is 13.9. The minimum Gasteiger partial charge on any atom is -0.490 e. The summed E-state index contributed by atoms with van der Waals surface area (Å²) in [5.41, 5.74) is 2.57. The van der Waals surface area contributed by atoms with E-state index in [-0.39, 0.29) is 11.9 Å². The van der Waals surface area contributed by atoms with Crippen LogP contribution in [0.3, 0.4) is 0 Å². The zero-order valence-corrected chi connectivity index (χ0v) is 13.7. The quantitative estimate of drug-likeness (QED) is 0.785. The molecule has 0 saturated carbocycles. The van der Waals surface area contributed by atoms with Crippen LogP contribution < -0.4 is 10.1 Å². The molecule has 3 aromatic rings. The van der Waals surface area contributed by atoms with Crippen molar-refractivity contribution in [2.75, 3.05) is 11.9 Å². The largest absolute Gasteiger partial charge is 0.490 e. The first-order chi connectivity index (χ1) is 12.2. The molecule has 0 fully saturated rings. The summed E-state index contributed by atoms with van der Waals surface area (Å²) in [6, 6.07) is 10.6. The van der Waals surface area contributed by atoms with Crippen molar-refractivity contribution in [2.45, 2.75) is 19.4 Å². The number of ether oxygens (including phenoxy) is 1. The Kier molecular flexibility index (Phi) is 4.01. The second kappa shape index (κ2) is 6.47. The van der Waals surface area contributed by atoms with Crippen molar-refractivity contribution in [1.29, 1.82) is 0 Å². The number of benzene rings is 1. The van der Waals surface area contributed by atoms with E-state index in [9.17, 15) is 4.39 Å². The normalized spacial score (nSPS) is 16.0. The number of aryl methyl sites for hydroxylation is 1. The van der Waals surface area contributed by atoms with E-state index in [4.69, 9.17) is 4.74 Å². The van der Waals surface area contributed by atoms with E-state index >= 15 is 0 Å². The van der Waals surface area contributed by atoms with E-state index in [2.05, 4.69) is 20.3 Å². The molecule has 1 atom stereocenters. The molecule has 1 N–H and O–H groups in total. The summed E-state index contributed by atoms with van der Waals surface area (Å²) in [4.78, 5) is 13.1. The van der Waals surface area contributed by atoms with E-state index in [0.717, 1.165) is 23.2 Å². The molecule has 1 aliphatic rings. The summed E-state index contributed by atoms with van der Waals surface area (Å²) in [5.74, 6) is 1.34. The summed E-state index contributed by atoms with van der Waals surface area (Å²) >= 11 is 0. The van der Waals surface area contributed by atoms with Gasteiger partial charge in [-0.1, -0.05) is 12.1 Å². The van der Waals surface area contributed by atoms with Gasteiger partial charge in [-0.05, 0) is 25.1 Å². The van der Waals surface area contributed by atoms with E-state index < -0.39 is 0 Å². The molecule has 0 aliphatic carbocycles. The van der Waals surface area contributed by atoms with Crippen LogP contribution in [0.25, 0.3) is 11.4 Å². The monoisotopic (exact) mass is 336 g/mol. The third-order valence-electron chi connectivity index (χ3n) is 4.14. The lowest BCUT2D eigenvalue weighted by Crippen LogP contribution is -2.21. The van der Waals surface area contributed by atoms with E-state index in [1.807, 2.05) is 31.2 Å². The smallest absolute Gasteiger partial charge is 0.165 e. The molecule has 6 heteroatoms. The number of aromatic nitrogens is 3. The average Bonchev–Trinajstić information content (AvgIpc) is 2.63. The Morgan fingerprint density at radius 2 is 2.00 bits per heavy atom. The average molecular weight is 336 g/mol. The molecule has 0 spiro atoms. The van der Waals surface area contributed by atoms with Gasteiger partial charge >= 0.3 is 0 Å². The van der Waals surface area contributed by atoms with Crippen LogP contribution in [0.5, 0.6) is 5.75 Å². The van der Waals surface area contributed by atoms with Crippen molar-refractivity contribution in [3.05, 3.63) is 65.9 Å². The minimum atomic E-state index is -0.333. The number of nitrogens with zero attached hydrogens (tertiary/aromatic N) is 3. The van der Waals surface area contributed by atoms with Gasteiger partial charge in [-0.3, -0.25) is 4.98 Å². The maximum Gasteiger partial charge on any atom is 0.165 e. The van der Waals surface area contributed by atoms with Crippen LogP contribution >= 0.6 is 0 Å². The summed E-state index contributed by atoms with van der Waals surface area (Å²) < 4.78 is 19.4. The van der Waals surface area contributed by atoms with Gasteiger partial charge in [0.05, 0.1) is 12.6 Å². The highest BCUT2D eigenvalue weighted by atomic mass is 19.1. The molecule has 126 valence electrons. The van der Waals surface area contributed by atoms with Gasteiger partial charge in [0.25, 0.3) is 0 Å². The lowest BCUT2D eigenvalue weighted by atomic mass is 10.0. The SMILES string of the molecule is Cc1cc(N[C@H]2CCOc3c(F)cccc32)nc(-c2ccncc2)n1. The van der Waals surface area contributed by atoms with Crippen LogP contribution in [0.1, 0.15) is 23.7 Å². The van der Waals surface area contributed by atoms with Gasteiger partial charge in [0, 0.05) is 41.7 Å². The molecule has 3 heterocycles. The number of fused-ring (bicyclic) bond motifs is 1. The first-order valence-electron chi connectivity index (χ1n) is 8.14. The van der Waals surface area contributed by atoms with Gasteiger partial charge in [-0.2, -0.15) is 0 Å². The second-order valence-electron chi connectivity index (χ2n) is 5.95. The fraction of sp³-hybridized carbons (Fsp3) is 0.211. The van der Waals surface area contributed by atoms with E-state index in [1.165, 1.54) is 6.07 Å². The predicted molar refractivity (Wildman–Crippen MR) is 92.9 cm³/mol. The van der Waals surface area contributed by atoms with Crippen molar-refractivity contribution < 1.29 is 9.13 Å². The Labute approximate surface area is 144 Å². The Hall–Kier alpha value is -3.02. The van der Waals surface area contributed by atoms with Crippen LogP contribution in [-0.4, -0.2) is 21.6 Å². The lowest BCUT2D eigenvalue weighted by molar-refractivity contribution is 0.260. The molecule has 1 aromatic carbocycles. The standard InChI is InChI=1S/C19H17FN4O/c1-12-11-17(24-19(22-12)13-5-8-21-9-6-13)23-16-7-10-25-18-14(16)3-2-4-15(18)20/h2-6,8-9,11,16H,7,10H2,1H3,(H,22,23,24)/t16-/m0/s1. The molecule has 0 unspecified atom stereocenters. The van der Waals surface area contributed by atoms with Gasteiger partial charge in [0.1, 0.15) is 5.82 Å². The molecular weight excluding hydrogens is 319 g/mol. The molecule has 0 saturated heterocycles. The first kappa shape index (κ1) is 15.5. The van der Waals surface area contributed by atoms with E-state index in [1.54, 1.807) is 18.5 Å². The Morgan fingerprint density at radius 1 is 1.16 bits per heavy atom. The van der Waals surface area contributed by atoms with Gasteiger partial charge in [-0.25, -0.2) is 14.4 Å². The number of hydrogen-bond acceptors (Lipinski definition) is 5. The number of para-hydroxylation sites is 1. The molecular formula is C19H17FN4O. The lowest BCUT2D eigenvalue weighted by Gasteiger charge is -2.27. The van der Waals surface area contributed by atoms with Gasteiger partial charge in [-0.15, -0.1) is 0 Å². The predicted octanol–water partition coefficient (Wildman–Crippen LogP) is 3.92. The fourth-order valence-electron chi connectivity index (χ4n) is 2.99. The van der Waals surface area contributed by atoms with Crippen LogP contribution in [0.2, 0.25) is 0 Å². The summed E-state index contributed by atoms with van der Waals surface area (Å²) in [5, 5.41) is 3.40. The summed E-state index contributed by atoms with van der Waals surface area (Å²) in [6.45, 7) is 2.39. The summed E-state index contributed by atoms with van der Waals surface area (Å²) in [6.07, 6.45) is 4.17. The fourth-order valence-corrected chi connectivity index (χ4v) is 2.99. The molecule has 4 rings (SSSR count). The van der Waals surface area contributed by atoms with Crippen molar-refractivity contribution >= 4 is 5.82 Å². The first-order valence-corrected chi connectivity index (χ1v) is 8.14. The second-order valence-corrected chi connectivity index (χ2v) is 5.95. The van der Waals surface area contributed by atoms with Crippen molar-refractivity contribution in [3.8, 4) is 17.1 Å². The molecule has 0 radical (unpaired) electrons. The van der Waals surface area contributed by atoms with Crippen LogP contribution in [0, 0.1) is 12.7 Å².